The molecule has 5 nitrogen and oxygen atoms in total. The minimum atomic E-state index is -0.286. The van der Waals surface area contributed by atoms with Crippen LogP contribution in [0.2, 0.25) is 0 Å². The summed E-state index contributed by atoms with van der Waals surface area (Å²) in [4.78, 5) is 13.7. The van der Waals surface area contributed by atoms with E-state index in [0.717, 1.165) is 36.5 Å². The third-order valence-corrected chi connectivity index (χ3v) is 5.58. The molecule has 0 saturated carbocycles. The average molecular weight is 475 g/mol. The lowest BCUT2D eigenvalue weighted by atomic mass is 9.98. The number of aromatic nitrogens is 3. The molecule has 2 N–H and O–H groups in total. The summed E-state index contributed by atoms with van der Waals surface area (Å²) in [6, 6.07) is 12.1. The summed E-state index contributed by atoms with van der Waals surface area (Å²) in [7, 11) is 0. The highest BCUT2D eigenvalue weighted by Gasteiger charge is 2.23. The Morgan fingerprint density at radius 2 is 2.04 bits per heavy atom. The molecule has 0 bridgehead atoms. The number of nitrogens with zero attached hydrogens (tertiary/aromatic N) is 3. The molecule has 4 rings (SSSR count). The van der Waals surface area contributed by atoms with Crippen molar-refractivity contribution in [2.75, 3.05) is 11.9 Å². The SMILES string of the molecule is Fc1cccc(Nc2cc(-c3cccnc3)nc([C@@H]3CC[C@H](I)NC3)n2)c1. The van der Waals surface area contributed by atoms with Crippen LogP contribution in [0.25, 0.3) is 11.3 Å². The zero-order chi connectivity index (χ0) is 18.6. The van der Waals surface area contributed by atoms with Crippen molar-refractivity contribution < 1.29 is 4.39 Å². The van der Waals surface area contributed by atoms with Crippen LogP contribution in [-0.4, -0.2) is 25.5 Å². The first-order chi connectivity index (χ1) is 13.2. The highest BCUT2D eigenvalue weighted by molar-refractivity contribution is 14.1. The first-order valence-electron chi connectivity index (χ1n) is 8.87. The van der Waals surface area contributed by atoms with E-state index in [0.29, 0.717) is 15.6 Å². The molecule has 3 heterocycles. The number of alkyl halides is 1. The lowest BCUT2D eigenvalue weighted by Gasteiger charge is -2.26. The summed E-state index contributed by atoms with van der Waals surface area (Å²) in [6.45, 7) is 0.851. The van der Waals surface area contributed by atoms with Gasteiger partial charge in [-0.1, -0.05) is 28.7 Å². The standard InChI is InChI=1S/C20H19FIN5/c21-15-4-1-5-16(9-15)25-19-10-17(13-3-2-8-23-11-13)26-20(27-19)14-6-7-18(22)24-12-14/h1-5,8-11,14,18,24H,6-7,12H2,(H,25,26,27)/t14-,18-/m1/s1. The molecule has 1 saturated heterocycles. The van der Waals surface area contributed by atoms with Crippen LogP contribution in [0.4, 0.5) is 15.9 Å². The first-order valence-corrected chi connectivity index (χ1v) is 10.1. The van der Waals surface area contributed by atoms with Crippen molar-refractivity contribution in [2.45, 2.75) is 22.8 Å². The molecule has 0 spiro atoms. The molecular weight excluding hydrogens is 456 g/mol. The minimum absolute atomic E-state index is 0.251. The van der Waals surface area contributed by atoms with Gasteiger partial charge in [-0.2, -0.15) is 0 Å². The second-order valence-corrected chi connectivity index (χ2v) is 8.03. The number of nitrogens with one attached hydrogen (secondary N) is 2. The topological polar surface area (TPSA) is 62.7 Å². The first kappa shape index (κ1) is 18.2. The second kappa shape index (κ2) is 8.26. The quantitative estimate of drug-likeness (QED) is 0.327. The van der Waals surface area contributed by atoms with Crippen LogP contribution in [0.5, 0.6) is 0 Å². The Labute approximate surface area is 171 Å². The largest absolute Gasteiger partial charge is 0.340 e. The normalized spacial score (nSPS) is 19.6. The molecule has 0 aliphatic carbocycles. The summed E-state index contributed by atoms with van der Waals surface area (Å²) in [5.41, 5.74) is 2.40. The van der Waals surface area contributed by atoms with Crippen molar-refractivity contribution in [3.05, 3.63) is 66.5 Å². The molecule has 7 heteroatoms. The summed E-state index contributed by atoms with van der Waals surface area (Å²) in [5.74, 6) is 1.42. The van der Waals surface area contributed by atoms with Crippen LogP contribution in [0, 0.1) is 5.82 Å². The maximum absolute atomic E-state index is 13.5. The summed E-state index contributed by atoms with van der Waals surface area (Å²) >= 11 is 2.42. The number of halogens is 2. The Bertz CT molecular complexity index is 913. The van der Waals surface area contributed by atoms with E-state index in [2.05, 4.69) is 38.2 Å². The van der Waals surface area contributed by atoms with E-state index in [4.69, 9.17) is 9.97 Å². The molecular formula is C20H19FIN5. The van der Waals surface area contributed by atoms with E-state index in [1.165, 1.54) is 12.1 Å². The molecule has 138 valence electrons. The van der Waals surface area contributed by atoms with E-state index < -0.39 is 0 Å². The zero-order valence-electron chi connectivity index (χ0n) is 14.6. The summed E-state index contributed by atoms with van der Waals surface area (Å²) in [5, 5.41) is 6.70. The maximum atomic E-state index is 13.5. The van der Waals surface area contributed by atoms with Crippen molar-refractivity contribution in [1.82, 2.24) is 20.3 Å². The third kappa shape index (κ3) is 4.59. The van der Waals surface area contributed by atoms with Gasteiger partial charge in [-0.25, -0.2) is 14.4 Å². The number of hydrogen-bond acceptors (Lipinski definition) is 5. The van der Waals surface area contributed by atoms with Crippen LogP contribution < -0.4 is 10.6 Å². The van der Waals surface area contributed by atoms with Crippen LogP contribution in [0.15, 0.2) is 54.9 Å². The molecule has 1 aromatic carbocycles. The molecule has 1 aliphatic heterocycles. The van der Waals surface area contributed by atoms with Crippen molar-refractivity contribution in [1.29, 1.82) is 0 Å². The Hall–Kier alpha value is -2.13. The Kier molecular flexibility index (Phi) is 5.58. The van der Waals surface area contributed by atoms with E-state index in [9.17, 15) is 4.39 Å². The van der Waals surface area contributed by atoms with Crippen LogP contribution >= 0.6 is 22.6 Å². The Balaban J connectivity index is 1.70. The van der Waals surface area contributed by atoms with Gasteiger partial charge in [-0.3, -0.25) is 4.98 Å². The predicted molar refractivity (Wildman–Crippen MR) is 113 cm³/mol. The fourth-order valence-corrected chi connectivity index (χ4v) is 3.74. The summed E-state index contributed by atoms with van der Waals surface area (Å²) in [6.07, 6.45) is 5.65. The molecule has 0 amide bonds. The van der Waals surface area contributed by atoms with Gasteiger partial charge in [-0.15, -0.1) is 0 Å². The van der Waals surface area contributed by atoms with Crippen LogP contribution in [-0.2, 0) is 0 Å². The lowest BCUT2D eigenvalue weighted by Crippen LogP contribution is -2.34. The smallest absolute Gasteiger partial charge is 0.135 e. The number of rotatable bonds is 4. The van der Waals surface area contributed by atoms with Gasteiger partial charge in [-0.05, 0) is 43.2 Å². The van der Waals surface area contributed by atoms with Gasteiger partial charge in [0.25, 0.3) is 0 Å². The molecule has 0 unspecified atom stereocenters. The van der Waals surface area contributed by atoms with Gasteiger partial charge in [0, 0.05) is 42.2 Å². The van der Waals surface area contributed by atoms with Crippen molar-refractivity contribution in [3.63, 3.8) is 0 Å². The zero-order valence-corrected chi connectivity index (χ0v) is 16.7. The van der Waals surface area contributed by atoms with E-state index in [-0.39, 0.29) is 11.7 Å². The fraction of sp³-hybridized carbons (Fsp3) is 0.250. The molecule has 1 fully saturated rings. The highest BCUT2D eigenvalue weighted by atomic mass is 127. The van der Waals surface area contributed by atoms with Gasteiger partial charge in [0.15, 0.2) is 0 Å². The van der Waals surface area contributed by atoms with Crippen LogP contribution in [0.3, 0.4) is 0 Å². The molecule has 1 aliphatic rings. The lowest BCUT2D eigenvalue weighted by molar-refractivity contribution is 0.436. The number of pyridine rings is 1. The number of hydrogen-bond donors (Lipinski definition) is 2. The van der Waals surface area contributed by atoms with Crippen molar-refractivity contribution in [2.24, 2.45) is 0 Å². The maximum Gasteiger partial charge on any atom is 0.135 e. The fourth-order valence-electron chi connectivity index (χ4n) is 3.13. The average Bonchev–Trinajstić information content (AvgIpc) is 2.69. The highest BCUT2D eigenvalue weighted by Crippen LogP contribution is 2.29. The number of benzene rings is 1. The van der Waals surface area contributed by atoms with E-state index >= 15 is 0 Å². The monoisotopic (exact) mass is 475 g/mol. The molecule has 2 aromatic heterocycles. The predicted octanol–water partition coefficient (Wildman–Crippen LogP) is 4.65. The molecule has 3 aromatic rings. The van der Waals surface area contributed by atoms with Gasteiger partial charge >= 0.3 is 0 Å². The van der Waals surface area contributed by atoms with Gasteiger partial charge in [0.05, 0.1) is 9.74 Å². The van der Waals surface area contributed by atoms with Gasteiger partial charge in [0.2, 0.25) is 0 Å². The molecule has 0 radical (unpaired) electrons. The number of piperidine rings is 1. The van der Waals surface area contributed by atoms with E-state index in [1.54, 1.807) is 18.5 Å². The van der Waals surface area contributed by atoms with Gasteiger partial charge < -0.3 is 10.6 Å². The number of anilines is 2. The van der Waals surface area contributed by atoms with Gasteiger partial charge in [0.1, 0.15) is 17.5 Å². The van der Waals surface area contributed by atoms with E-state index in [1.807, 2.05) is 24.3 Å². The Morgan fingerprint density at radius 1 is 1.11 bits per heavy atom. The minimum Gasteiger partial charge on any atom is -0.340 e. The second-order valence-electron chi connectivity index (χ2n) is 6.52. The molecule has 2 atom stereocenters. The van der Waals surface area contributed by atoms with Crippen LogP contribution in [0.1, 0.15) is 24.6 Å². The van der Waals surface area contributed by atoms with Crippen molar-refractivity contribution in [3.8, 4) is 11.3 Å². The summed E-state index contributed by atoms with van der Waals surface area (Å²) < 4.78 is 14.0. The molecule has 27 heavy (non-hydrogen) atoms. The Morgan fingerprint density at radius 3 is 2.78 bits per heavy atom. The van der Waals surface area contributed by atoms with Crippen molar-refractivity contribution >= 4 is 34.1 Å². The third-order valence-electron chi connectivity index (χ3n) is 4.52.